The van der Waals surface area contributed by atoms with Crippen LogP contribution in [0.3, 0.4) is 0 Å². The lowest BCUT2D eigenvalue weighted by atomic mass is 9.72. The number of fused-ring (bicyclic) bond motifs is 3. The molecule has 4 aromatic rings. The molecule has 0 unspecified atom stereocenters. The number of aryl methyl sites for hydroxylation is 2. The summed E-state index contributed by atoms with van der Waals surface area (Å²) < 4.78 is 17.9. The third-order valence-corrected chi connectivity index (χ3v) is 17.7. The van der Waals surface area contributed by atoms with Gasteiger partial charge in [-0.15, -0.1) is 0 Å². The smallest absolute Gasteiger partial charge is 0.243 e. The molecule has 4 aromatic carbocycles. The average molecular weight is 1300 g/mol. The first-order chi connectivity index (χ1) is 44.6. The number of aliphatic hydroxyl groups excluding tert-OH is 2. The maximum atomic E-state index is 14.8. The van der Waals surface area contributed by atoms with Crippen LogP contribution in [0.25, 0.3) is 0 Å². The predicted octanol–water partition coefficient (Wildman–Crippen LogP) is 2.29. The van der Waals surface area contributed by atoms with Crippen molar-refractivity contribution in [3.8, 4) is 23.0 Å². The lowest BCUT2D eigenvalue weighted by molar-refractivity contribution is -0.249. The van der Waals surface area contributed by atoms with E-state index in [0.717, 1.165) is 5.56 Å². The van der Waals surface area contributed by atoms with Crippen molar-refractivity contribution >= 4 is 58.7 Å². The predicted molar refractivity (Wildman–Crippen MR) is 337 cm³/mol. The van der Waals surface area contributed by atoms with Gasteiger partial charge in [-0.25, -0.2) is 0 Å². The highest BCUT2D eigenvalue weighted by molar-refractivity contribution is 6.31. The molecule has 8 rings (SSSR count). The monoisotopic (exact) mass is 1300 g/mol. The molecule has 26 heteroatoms. The molecule has 2 aliphatic carbocycles. The summed E-state index contributed by atoms with van der Waals surface area (Å²) in [6.07, 6.45) is -5.76. The van der Waals surface area contributed by atoms with Gasteiger partial charge in [-0.05, 0) is 99.5 Å². The van der Waals surface area contributed by atoms with Crippen molar-refractivity contribution in [3.63, 3.8) is 0 Å². The van der Waals surface area contributed by atoms with Gasteiger partial charge in [0.25, 0.3) is 0 Å². The van der Waals surface area contributed by atoms with E-state index in [-0.39, 0.29) is 96.4 Å². The Kier molecular flexibility index (Phi) is 23.4. The fraction of sp³-hybridized carbons (Fsp3) is 0.500. The second kappa shape index (κ2) is 31.0. The van der Waals surface area contributed by atoms with E-state index in [1.165, 1.54) is 56.2 Å². The minimum atomic E-state index is -2.47. The fourth-order valence-electron chi connectivity index (χ4n) is 12.8. The van der Waals surface area contributed by atoms with E-state index < -0.39 is 168 Å². The largest absolute Gasteiger partial charge is 0.508 e. The summed E-state index contributed by atoms with van der Waals surface area (Å²) in [6.45, 7) is 8.76. The van der Waals surface area contributed by atoms with Gasteiger partial charge in [0, 0.05) is 49.4 Å². The minimum absolute atomic E-state index is 0.00215. The molecular formula is C68H85N7O19. The number of ether oxygens (including phenoxy) is 3. The number of nitrogens with one attached hydrogen (secondary N) is 6. The Morgan fingerprint density at radius 2 is 1.33 bits per heavy atom. The van der Waals surface area contributed by atoms with Gasteiger partial charge in [0.1, 0.15) is 71.5 Å². The molecule has 0 radical (unpaired) electrons. The molecule has 2 aliphatic heterocycles. The Morgan fingerprint density at radius 3 is 1.95 bits per heavy atom. The molecule has 0 saturated carbocycles. The van der Waals surface area contributed by atoms with Gasteiger partial charge in [0.2, 0.25) is 47.1 Å². The van der Waals surface area contributed by atoms with Gasteiger partial charge >= 0.3 is 0 Å². The van der Waals surface area contributed by atoms with Crippen molar-refractivity contribution in [1.29, 1.82) is 0 Å². The first-order valence-electron chi connectivity index (χ1n) is 31.7. The number of aliphatic hydroxyl groups is 3. The molecule has 4 aliphatic rings. The molecule has 0 bridgehead atoms. The number of ketones is 3. The van der Waals surface area contributed by atoms with Crippen LogP contribution in [0.5, 0.6) is 23.0 Å². The van der Waals surface area contributed by atoms with E-state index in [4.69, 9.17) is 14.2 Å². The summed E-state index contributed by atoms with van der Waals surface area (Å²) in [5.41, 5.74) is -3.15. The molecular weight excluding hydrogens is 1220 g/mol. The highest BCUT2D eigenvalue weighted by Crippen LogP contribution is 2.52. The summed E-state index contributed by atoms with van der Waals surface area (Å²) in [4.78, 5) is 141. The number of rotatable bonds is 27. The second-order valence-electron chi connectivity index (χ2n) is 25.5. The third kappa shape index (κ3) is 16.6. The maximum absolute atomic E-state index is 14.8. The van der Waals surface area contributed by atoms with E-state index in [1.54, 1.807) is 38.1 Å². The Bertz CT molecular complexity index is 3510. The molecule has 0 spiro atoms. The van der Waals surface area contributed by atoms with Crippen molar-refractivity contribution in [3.05, 3.63) is 117 Å². The van der Waals surface area contributed by atoms with Gasteiger partial charge in [0.15, 0.2) is 17.9 Å². The number of carbonyl (C=O) groups excluding carboxylic acids is 10. The zero-order valence-electron chi connectivity index (χ0n) is 53.7. The first-order valence-corrected chi connectivity index (χ1v) is 31.7. The van der Waals surface area contributed by atoms with Gasteiger partial charge in [0.05, 0.1) is 48.6 Å². The van der Waals surface area contributed by atoms with Crippen LogP contribution < -0.4 is 36.6 Å². The van der Waals surface area contributed by atoms with Gasteiger partial charge in [-0.1, -0.05) is 82.3 Å². The van der Waals surface area contributed by atoms with Crippen LogP contribution in [-0.4, -0.2) is 181 Å². The summed E-state index contributed by atoms with van der Waals surface area (Å²) >= 11 is 0. The highest BCUT2D eigenvalue weighted by atomic mass is 16.7. The molecule has 94 heavy (non-hydrogen) atoms. The van der Waals surface area contributed by atoms with E-state index in [0.29, 0.717) is 24.9 Å². The van der Waals surface area contributed by atoms with Crippen LogP contribution >= 0.6 is 0 Å². The SMILES string of the molecule is COc1cccc2c1C(=O)c1c(O)c3c(c(O)c1C2=O)C[C@@](O)(C(=O)CO)C[C@@H]3O[C@H]1C[C@H](NC(=O)[C@H](CC(C)C)NC(=O)[C@H](CCc2ccc(O)cc2)NC(=O)[C@H](CCc2ccccc2)NC(=O)CNC(=O)[C@H](CC(C)C)NC(=O)[C@@H]2CCCN2C(C)=O)[C@H](O)[C@H](C)O1. The van der Waals surface area contributed by atoms with E-state index in [1.807, 2.05) is 32.0 Å². The highest BCUT2D eigenvalue weighted by Gasteiger charge is 2.51. The Labute approximate surface area is 543 Å². The summed E-state index contributed by atoms with van der Waals surface area (Å²) in [5, 5.41) is 84.0. The van der Waals surface area contributed by atoms with Crippen LogP contribution in [0, 0.1) is 11.8 Å². The average Bonchev–Trinajstić information content (AvgIpc) is 0.860. The lowest BCUT2D eigenvalue weighted by Gasteiger charge is -2.43. The quantitative estimate of drug-likeness (QED) is 0.0336. The van der Waals surface area contributed by atoms with Gasteiger partial charge < -0.3 is 81.7 Å². The number of likely N-dealkylation sites (tertiary alicyclic amines) is 1. The number of nitrogens with zero attached hydrogens (tertiary/aromatic N) is 1. The number of hydrogen-bond acceptors (Lipinski definition) is 19. The standard InChI is InChI=1S/C68H85N7O19/c1-34(2)27-46(74-67(90)48-16-12-26-75(48)37(6)77)63(86)69-32-52(80)70-43(24-20-38-13-9-8-10-14-38)64(87)71-44(25-21-39-18-22-40(78)23-19-39)65(88)73-47(28-35(3)4)66(89)72-45-29-53(93-36(5)58(45)81)94-50-31-68(91,51(79)33-76)30-42-55(50)62(85)57-56(60(42)83)59(82)41-15-11-17-49(92-7)54(41)61(57)84/h8-11,13-15,17-19,22-23,34-36,43-48,50,53,58,76,78,81,83,85,91H,12,16,20-21,24-33H2,1-7H3,(H,69,86)(H,70,80)(H,71,87)(H,72,89)(H,73,88)(H,74,90)/t36-,43-,44-,45-,46-,47-,48-,50-,53-,58+,68-/m0/s1. The molecule has 506 valence electrons. The van der Waals surface area contributed by atoms with Crippen LogP contribution in [0.2, 0.25) is 0 Å². The topological polar surface area (TPSA) is 395 Å². The van der Waals surface area contributed by atoms with Crippen LogP contribution in [0.15, 0.2) is 72.8 Å². The molecule has 2 heterocycles. The van der Waals surface area contributed by atoms with Crippen LogP contribution in [-0.2, 0) is 67.1 Å². The molecule has 12 N–H and O–H groups in total. The Morgan fingerprint density at radius 1 is 0.723 bits per heavy atom. The normalized spacial score (nSPS) is 21.9. The zero-order valence-corrected chi connectivity index (χ0v) is 53.7. The number of benzene rings is 4. The molecule has 26 nitrogen and oxygen atoms in total. The van der Waals surface area contributed by atoms with Crippen LogP contribution in [0.1, 0.15) is 153 Å². The number of aromatic hydroxyl groups is 3. The summed E-state index contributed by atoms with van der Waals surface area (Å²) in [7, 11) is 1.28. The number of hydrogen-bond donors (Lipinski definition) is 12. The number of phenolic OH excluding ortho intramolecular Hbond substituents is 3. The summed E-state index contributed by atoms with van der Waals surface area (Å²) in [6, 6.07) is 12.4. The number of carbonyl (C=O) groups is 10. The molecule has 11 atom stereocenters. The molecule has 2 fully saturated rings. The number of phenols is 3. The zero-order chi connectivity index (χ0) is 68.5. The van der Waals surface area contributed by atoms with Crippen molar-refractivity contribution < 1.29 is 92.8 Å². The van der Waals surface area contributed by atoms with E-state index in [9.17, 15) is 78.6 Å². The number of Topliss-reactive ketones (excluding diaryl/α,β-unsaturated/α-hetero) is 1. The third-order valence-electron chi connectivity index (χ3n) is 17.7. The van der Waals surface area contributed by atoms with Crippen molar-refractivity contribution in [2.24, 2.45) is 11.8 Å². The van der Waals surface area contributed by atoms with Gasteiger partial charge in [-0.2, -0.15) is 0 Å². The minimum Gasteiger partial charge on any atom is -0.508 e. The molecule has 0 aromatic heterocycles. The van der Waals surface area contributed by atoms with E-state index >= 15 is 0 Å². The van der Waals surface area contributed by atoms with E-state index in [2.05, 4.69) is 31.9 Å². The van der Waals surface area contributed by atoms with Crippen molar-refractivity contribution in [2.45, 2.75) is 179 Å². The van der Waals surface area contributed by atoms with Crippen LogP contribution in [0.4, 0.5) is 0 Å². The molecule has 2 saturated heterocycles. The fourth-order valence-corrected chi connectivity index (χ4v) is 12.8. The number of amides is 7. The maximum Gasteiger partial charge on any atom is 0.243 e. The van der Waals surface area contributed by atoms with Gasteiger partial charge in [-0.3, -0.25) is 47.9 Å². The van der Waals surface area contributed by atoms with Crippen molar-refractivity contribution in [2.75, 3.05) is 26.8 Å². The lowest BCUT2D eigenvalue weighted by Crippen LogP contribution is -2.60. The Balaban J connectivity index is 1.01. The molecule has 7 amide bonds. The Hall–Kier alpha value is -8.82. The van der Waals surface area contributed by atoms with Crippen molar-refractivity contribution in [1.82, 2.24) is 36.8 Å². The second-order valence-corrected chi connectivity index (χ2v) is 25.5. The first kappa shape index (κ1) is 71.0. The number of methoxy groups -OCH3 is 1. The summed E-state index contributed by atoms with van der Waals surface area (Å²) in [5.74, 6) is -9.44.